The second-order valence-corrected chi connectivity index (χ2v) is 6.15. The summed E-state index contributed by atoms with van der Waals surface area (Å²) in [5, 5.41) is 11.9. The molecule has 6 nitrogen and oxygen atoms in total. The zero-order chi connectivity index (χ0) is 15.7. The number of nitrogens with zero attached hydrogens (tertiary/aromatic N) is 1. The van der Waals surface area contributed by atoms with Crippen LogP contribution in [0.15, 0.2) is 24.3 Å². The fourth-order valence-electron chi connectivity index (χ4n) is 3.64. The van der Waals surface area contributed by atoms with Gasteiger partial charge in [-0.05, 0) is 38.4 Å². The molecule has 3 rings (SSSR count). The van der Waals surface area contributed by atoms with Crippen molar-refractivity contribution in [1.82, 2.24) is 15.7 Å². The van der Waals surface area contributed by atoms with Crippen molar-refractivity contribution in [2.24, 2.45) is 5.92 Å². The van der Waals surface area contributed by atoms with Gasteiger partial charge in [-0.25, -0.2) is 5.48 Å². The van der Waals surface area contributed by atoms with Gasteiger partial charge in [0.05, 0.1) is 12.0 Å². The molecule has 2 heterocycles. The number of nitrogens with one attached hydrogen (secondary N) is 2. The Morgan fingerprint density at radius 1 is 1.27 bits per heavy atom. The molecule has 0 aliphatic carbocycles. The normalized spacial score (nSPS) is 27.5. The zero-order valence-electron chi connectivity index (χ0n) is 12.6. The van der Waals surface area contributed by atoms with Crippen molar-refractivity contribution in [2.45, 2.75) is 31.8 Å². The predicted octanol–water partition coefficient (Wildman–Crippen LogP) is 0.693. The van der Waals surface area contributed by atoms with Crippen LogP contribution >= 0.6 is 0 Å². The van der Waals surface area contributed by atoms with E-state index in [2.05, 4.69) is 10.2 Å². The molecule has 0 spiro atoms. The third-order valence-electron chi connectivity index (χ3n) is 4.74. The van der Waals surface area contributed by atoms with Gasteiger partial charge in [0.2, 0.25) is 5.91 Å². The maximum Gasteiger partial charge on any atom is 0.251 e. The lowest BCUT2D eigenvalue weighted by atomic mass is 9.93. The van der Waals surface area contributed by atoms with Crippen LogP contribution in [0.3, 0.4) is 0 Å². The number of benzene rings is 1. The van der Waals surface area contributed by atoms with Crippen LogP contribution in [-0.2, 0) is 4.79 Å². The van der Waals surface area contributed by atoms with Crippen LogP contribution < -0.4 is 10.8 Å². The van der Waals surface area contributed by atoms with Gasteiger partial charge in [0.1, 0.15) is 0 Å². The van der Waals surface area contributed by atoms with Gasteiger partial charge in [0.15, 0.2) is 0 Å². The summed E-state index contributed by atoms with van der Waals surface area (Å²) in [6.45, 7) is 3.56. The molecule has 2 saturated heterocycles. The second-order valence-electron chi connectivity index (χ2n) is 6.15. The first-order valence-corrected chi connectivity index (χ1v) is 7.65. The summed E-state index contributed by atoms with van der Waals surface area (Å²) < 4.78 is 0. The summed E-state index contributed by atoms with van der Waals surface area (Å²) in [4.78, 5) is 26.6. The van der Waals surface area contributed by atoms with Crippen LogP contribution in [-0.4, -0.2) is 47.1 Å². The van der Waals surface area contributed by atoms with Gasteiger partial charge in [-0.1, -0.05) is 17.7 Å². The molecular weight excluding hydrogens is 282 g/mol. The van der Waals surface area contributed by atoms with Gasteiger partial charge in [-0.15, -0.1) is 0 Å². The first-order valence-electron chi connectivity index (χ1n) is 7.65. The molecule has 0 aromatic heterocycles. The molecule has 1 aromatic rings. The van der Waals surface area contributed by atoms with Gasteiger partial charge in [0, 0.05) is 18.2 Å². The van der Waals surface area contributed by atoms with Gasteiger partial charge in [-0.3, -0.25) is 19.7 Å². The summed E-state index contributed by atoms with van der Waals surface area (Å²) in [6.07, 6.45) is 1.98. The van der Waals surface area contributed by atoms with Gasteiger partial charge in [-0.2, -0.15) is 0 Å². The minimum absolute atomic E-state index is 0.107. The average molecular weight is 303 g/mol. The lowest BCUT2D eigenvalue weighted by Crippen LogP contribution is -2.47. The number of rotatable bonds is 3. The number of fused-ring (bicyclic) bond motifs is 1. The molecule has 1 unspecified atom stereocenters. The third kappa shape index (κ3) is 2.71. The minimum atomic E-state index is -0.413. The molecular formula is C16H21N3O3. The van der Waals surface area contributed by atoms with E-state index in [1.54, 1.807) is 17.6 Å². The van der Waals surface area contributed by atoms with E-state index in [1.807, 2.05) is 19.1 Å². The minimum Gasteiger partial charge on any atom is -0.347 e. The van der Waals surface area contributed by atoms with Gasteiger partial charge >= 0.3 is 0 Å². The molecule has 3 N–H and O–H groups in total. The number of carbonyl (C=O) groups is 2. The highest BCUT2D eigenvalue weighted by Crippen LogP contribution is 2.33. The van der Waals surface area contributed by atoms with Crippen molar-refractivity contribution in [3.63, 3.8) is 0 Å². The molecule has 0 saturated carbocycles. The van der Waals surface area contributed by atoms with E-state index in [-0.39, 0.29) is 18.0 Å². The van der Waals surface area contributed by atoms with E-state index in [0.717, 1.165) is 24.9 Å². The van der Waals surface area contributed by atoms with Crippen molar-refractivity contribution in [2.75, 3.05) is 13.1 Å². The third-order valence-corrected chi connectivity index (χ3v) is 4.74. The molecule has 22 heavy (non-hydrogen) atoms. The smallest absolute Gasteiger partial charge is 0.251 e. The number of hydrogen-bond acceptors (Lipinski definition) is 4. The van der Waals surface area contributed by atoms with Crippen LogP contribution in [0.1, 0.15) is 28.8 Å². The molecule has 2 aliphatic heterocycles. The maximum absolute atomic E-state index is 12.4. The Labute approximate surface area is 129 Å². The first-order chi connectivity index (χ1) is 10.6. The highest BCUT2D eigenvalue weighted by atomic mass is 16.5. The Balaban J connectivity index is 1.74. The number of amides is 2. The van der Waals surface area contributed by atoms with Crippen LogP contribution in [0.4, 0.5) is 0 Å². The highest BCUT2D eigenvalue weighted by Gasteiger charge is 2.48. The Morgan fingerprint density at radius 2 is 2.00 bits per heavy atom. The predicted molar refractivity (Wildman–Crippen MR) is 80.4 cm³/mol. The fraction of sp³-hybridized carbons (Fsp3) is 0.500. The monoisotopic (exact) mass is 303 g/mol. The number of hydroxylamine groups is 1. The summed E-state index contributed by atoms with van der Waals surface area (Å²) in [7, 11) is 0. The zero-order valence-corrected chi connectivity index (χ0v) is 12.6. The van der Waals surface area contributed by atoms with Crippen LogP contribution in [0.25, 0.3) is 0 Å². The van der Waals surface area contributed by atoms with Crippen molar-refractivity contribution in [1.29, 1.82) is 0 Å². The lowest BCUT2D eigenvalue weighted by molar-refractivity contribution is -0.134. The van der Waals surface area contributed by atoms with Crippen LogP contribution in [0, 0.1) is 12.8 Å². The lowest BCUT2D eigenvalue weighted by Gasteiger charge is -2.22. The Kier molecular flexibility index (Phi) is 4.13. The van der Waals surface area contributed by atoms with Crippen LogP contribution in [0.5, 0.6) is 0 Å². The van der Waals surface area contributed by atoms with E-state index in [4.69, 9.17) is 5.21 Å². The number of carbonyl (C=O) groups excluding carboxylic acids is 2. The first kappa shape index (κ1) is 15.0. The molecule has 2 amide bonds. The quantitative estimate of drug-likeness (QED) is 0.567. The largest absolute Gasteiger partial charge is 0.347 e. The second kappa shape index (κ2) is 6.06. The molecule has 3 atom stereocenters. The van der Waals surface area contributed by atoms with E-state index in [1.165, 1.54) is 0 Å². The highest BCUT2D eigenvalue weighted by molar-refractivity contribution is 5.95. The van der Waals surface area contributed by atoms with Gasteiger partial charge in [0.25, 0.3) is 5.91 Å². The molecule has 0 bridgehead atoms. The molecule has 2 aliphatic rings. The van der Waals surface area contributed by atoms with Gasteiger partial charge < -0.3 is 5.32 Å². The molecule has 0 radical (unpaired) electrons. The molecule has 118 valence electrons. The van der Waals surface area contributed by atoms with Crippen molar-refractivity contribution >= 4 is 11.8 Å². The standard InChI is InChI=1S/C16H21N3O3/c1-10-4-6-11(7-5-10)15(20)17-12-9-19-8-2-3-13(19)14(12)16(21)18-22/h4-7,12-14,22H,2-3,8-9H2,1H3,(H,17,20)(H,18,21)/t12-,13?,14-/m1/s1. The molecule has 6 heteroatoms. The Hall–Kier alpha value is -1.92. The van der Waals surface area contributed by atoms with Crippen molar-refractivity contribution in [3.05, 3.63) is 35.4 Å². The van der Waals surface area contributed by atoms with Crippen molar-refractivity contribution < 1.29 is 14.8 Å². The Bertz CT molecular complexity index is 573. The summed E-state index contributed by atoms with van der Waals surface area (Å²) >= 11 is 0. The number of aryl methyl sites for hydroxylation is 1. The van der Waals surface area contributed by atoms with E-state index in [9.17, 15) is 9.59 Å². The van der Waals surface area contributed by atoms with Crippen molar-refractivity contribution in [3.8, 4) is 0 Å². The average Bonchev–Trinajstić information content (AvgIpc) is 3.07. The Morgan fingerprint density at radius 3 is 2.68 bits per heavy atom. The summed E-state index contributed by atoms with van der Waals surface area (Å²) in [5.41, 5.74) is 3.43. The fourth-order valence-corrected chi connectivity index (χ4v) is 3.64. The van der Waals surface area contributed by atoms with Crippen LogP contribution in [0.2, 0.25) is 0 Å². The molecule has 2 fully saturated rings. The molecule has 1 aromatic carbocycles. The number of hydrogen-bond donors (Lipinski definition) is 3. The topological polar surface area (TPSA) is 81.7 Å². The van der Waals surface area contributed by atoms with E-state index >= 15 is 0 Å². The van der Waals surface area contributed by atoms with E-state index < -0.39 is 11.8 Å². The maximum atomic E-state index is 12.4. The summed E-state index contributed by atoms with van der Waals surface area (Å²) in [5.74, 6) is -0.993. The SMILES string of the molecule is Cc1ccc(C(=O)N[C@@H]2CN3CCCC3[C@@H]2C(=O)NO)cc1. The van der Waals surface area contributed by atoms with E-state index in [0.29, 0.717) is 12.1 Å². The summed E-state index contributed by atoms with van der Waals surface area (Å²) in [6, 6.07) is 7.17.